The molecule has 0 radical (unpaired) electrons. The Morgan fingerprint density at radius 3 is 2.38 bits per heavy atom. The summed E-state index contributed by atoms with van der Waals surface area (Å²) in [7, 11) is 0. The van der Waals surface area contributed by atoms with Crippen molar-refractivity contribution in [3.8, 4) is 0 Å². The van der Waals surface area contributed by atoms with Gasteiger partial charge in [0.05, 0.1) is 25.9 Å². The van der Waals surface area contributed by atoms with Gasteiger partial charge in [0.25, 0.3) is 0 Å². The van der Waals surface area contributed by atoms with E-state index >= 15 is 0 Å². The number of aliphatic hydroxyl groups is 2. The average molecular weight is 365 g/mol. The summed E-state index contributed by atoms with van der Waals surface area (Å²) in [5.74, 6) is 0. The lowest BCUT2D eigenvalue weighted by Gasteiger charge is -2.43. The number of benzene rings is 1. The minimum Gasteiger partial charge on any atom is -0.444 e. The fraction of sp³-hybridized carbons (Fsp3) is 0.650. The molecule has 0 aliphatic carbocycles. The minimum atomic E-state index is -0.781. The van der Waals surface area contributed by atoms with Gasteiger partial charge >= 0.3 is 6.09 Å². The van der Waals surface area contributed by atoms with Gasteiger partial charge in [-0.1, -0.05) is 30.3 Å². The summed E-state index contributed by atoms with van der Waals surface area (Å²) in [6.45, 7) is 6.84. The van der Waals surface area contributed by atoms with Gasteiger partial charge in [-0.3, -0.25) is 0 Å². The number of aliphatic hydroxyl groups excluding tert-OH is 2. The largest absolute Gasteiger partial charge is 0.444 e. The lowest BCUT2D eigenvalue weighted by molar-refractivity contribution is -0.0950. The maximum absolute atomic E-state index is 12.2. The molecule has 1 heterocycles. The van der Waals surface area contributed by atoms with Crippen molar-refractivity contribution >= 4 is 6.09 Å². The van der Waals surface area contributed by atoms with Crippen LogP contribution in [0, 0.1) is 5.41 Å². The molecule has 1 aromatic rings. The molecular formula is C20H31NO5. The SMILES string of the molecule is CC(C)(C)OC(=O)N1CCC(CO)(C(O)COCc2ccccc2)CC1. The summed E-state index contributed by atoms with van der Waals surface area (Å²) in [5.41, 5.74) is -0.139. The molecule has 1 amide bonds. The van der Waals surface area contributed by atoms with Gasteiger partial charge in [-0.2, -0.15) is 0 Å². The van der Waals surface area contributed by atoms with Gasteiger partial charge in [0.15, 0.2) is 0 Å². The Kier molecular flexibility index (Phi) is 7.03. The zero-order valence-electron chi connectivity index (χ0n) is 16.0. The molecule has 26 heavy (non-hydrogen) atoms. The van der Waals surface area contributed by atoms with E-state index in [9.17, 15) is 15.0 Å². The number of piperidine rings is 1. The molecule has 0 saturated carbocycles. The predicted molar refractivity (Wildman–Crippen MR) is 98.7 cm³/mol. The molecule has 1 fully saturated rings. The molecule has 2 rings (SSSR count). The first-order valence-corrected chi connectivity index (χ1v) is 9.14. The highest BCUT2D eigenvalue weighted by molar-refractivity contribution is 5.68. The van der Waals surface area contributed by atoms with E-state index in [1.165, 1.54) is 0 Å². The second kappa shape index (κ2) is 8.84. The van der Waals surface area contributed by atoms with Crippen LogP contribution in [0.5, 0.6) is 0 Å². The van der Waals surface area contributed by atoms with Gasteiger partial charge in [0, 0.05) is 18.5 Å². The Labute approximate surface area is 155 Å². The molecule has 0 aromatic heterocycles. The number of carbonyl (C=O) groups excluding carboxylic acids is 1. The first-order chi connectivity index (χ1) is 12.3. The van der Waals surface area contributed by atoms with Crippen LogP contribution in [0.15, 0.2) is 30.3 Å². The van der Waals surface area contributed by atoms with E-state index in [2.05, 4.69) is 0 Å². The number of amides is 1. The maximum Gasteiger partial charge on any atom is 0.410 e. The number of likely N-dealkylation sites (tertiary alicyclic amines) is 1. The van der Waals surface area contributed by atoms with E-state index in [0.717, 1.165) is 5.56 Å². The molecule has 0 spiro atoms. The lowest BCUT2D eigenvalue weighted by Crippen LogP contribution is -2.52. The van der Waals surface area contributed by atoms with Gasteiger partial charge < -0.3 is 24.6 Å². The first-order valence-electron chi connectivity index (χ1n) is 9.14. The number of hydrogen-bond acceptors (Lipinski definition) is 5. The van der Waals surface area contributed by atoms with Gasteiger partial charge in [-0.15, -0.1) is 0 Å². The van der Waals surface area contributed by atoms with Crippen LogP contribution in [0.4, 0.5) is 4.79 Å². The van der Waals surface area contributed by atoms with Gasteiger partial charge in [-0.25, -0.2) is 4.79 Å². The summed E-state index contributed by atoms with van der Waals surface area (Å²) in [5, 5.41) is 20.5. The summed E-state index contributed by atoms with van der Waals surface area (Å²) >= 11 is 0. The summed E-state index contributed by atoms with van der Waals surface area (Å²) in [4.78, 5) is 13.8. The molecular weight excluding hydrogens is 334 g/mol. The fourth-order valence-electron chi connectivity index (χ4n) is 3.10. The van der Waals surface area contributed by atoms with Crippen molar-refractivity contribution in [2.24, 2.45) is 5.41 Å². The molecule has 146 valence electrons. The van der Waals surface area contributed by atoms with Gasteiger partial charge in [0.1, 0.15) is 5.60 Å². The van der Waals surface area contributed by atoms with E-state index in [1.54, 1.807) is 4.90 Å². The minimum absolute atomic E-state index is 0.134. The monoisotopic (exact) mass is 365 g/mol. The zero-order valence-corrected chi connectivity index (χ0v) is 16.0. The molecule has 0 bridgehead atoms. The number of rotatable bonds is 6. The lowest BCUT2D eigenvalue weighted by atomic mass is 9.74. The van der Waals surface area contributed by atoms with Gasteiger partial charge in [-0.05, 0) is 39.2 Å². The van der Waals surface area contributed by atoms with Crippen LogP contribution in [0.1, 0.15) is 39.2 Å². The van der Waals surface area contributed by atoms with Crippen molar-refractivity contribution in [3.63, 3.8) is 0 Å². The molecule has 1 unspecified atom stereocenters. The summed E-state index contributed by atoms with van der Waals surface area (Å²) in [6, 6.07) is 9.76. The Bertz CT molecular complexity index is 561. The molecule has 2 N–H and O–H groups in total. The highest BCUT2D eigenvalue weighted by Crippen LogP contribution is 2.35. The summed E-state index contributed by atoms with van der Waals surface area (Å²) < 4.78 is 11.0. The van der Waals surface area contributed by atoms with Crippen LogP contribution in [0.3, 0.4) is 0 Å². The Morgan fingerprint density at radius 1 is 1.23 bits per heavy atom. The third kappa shape index (κ3) is 5.69. The van der Waals surface area contributed by atoms with Crippen molar-refractivity contribution in [2.45, 2.75) is 51.9 Å². The Balaban J connectivity index is 1.84. The maximum atomic E-state index is 12.2. The highest BCUT2D eigenvalue weighted by atomic mass is 16.6. The topological polar surface area (TPSA) is 79.2 Å². The second-order valence-electron chi connectivity index (χ2n) is 8.00. The zero-order chi connectivity index (χ0) is 19.2. The smallest absolute Gasteiger partial charge is 0.410 e. The van der Waals surface area contributed by atoms with Gasteiger partial charge in [0.2, 0.25) is 0 Å². The van der Waals surface area contributed by atoms with Crippen molar-refractivity contribution in [1.29, 1.82) is 0 Å². The highest BCUT2D eigenvalue weighted by Gasteiger charge is 2.42. The van der Waals surface area contributed by atoms with Crippen molar-refractivity contribution in [2.75, 3.05) is 26.3 Å². The van der Waals surface area contributed by atoms with Crippen LogP contribution in [-0.2, 0) is 16.1 Å². The fourth-order valence-corrected chi connectivity index (χ4v) is 3.10. The normalized spacial score (nSPS) is 18.4. The van der Waals surface area contributed by atoms with E-state index in [1.807, 2.05) is 51.1 Å². The van der Waals surface area contributed by atoms with E-state index in [0.29, 0.717) is 32.5 Å². The van der Waals surface area contributed by atoms with E-state index in [-0.39, 0.29) is 19.3 Å². The van der Waals surface area contributed by atoms with E-state index in [4.69, 9.17) is 9.47 Å². The molecule has 6 heteroatoms. The first kappa shape index (κ1) is 20.7. The van der Waals surface area contributed by atoms with Crippen molar-refractivity contribution in [1.82, 2.24) is 4.90 Å². The van der Waals surface area contributed by atoms with Crippen molar-refractivity contribution in [3.05, 3.63) is 35.9 Å². The molecule has 1 aromatic carbocycles. The molecule has 6 nitrogen and oxygen atoms in total. The quantitative estimate of drug-likeness (QED) is 0.810. The third-order valence-electron chi connectivity index (χ3n) is 4.82. The Morgan fingerprint density at radius 2 is 1.85 bits per heavy atom. The Hall–Kier alpha value is -1.63. The number of nitrogens with zero attached hydrogens (tertiary/aromatic N) is 1. The molecule has 1 atom stereocenters. The summed E-state index contributed by atoms with van der Waals surface area (Å²) in [6.07, 6.45) is -0.104. The number of carbonyl (C=O) groups is 1. The molecule has 1 aliphatic heterocycles. The number of hydrogen-bond donors (Lipinski definition) is 2. The van der Waals surface area contributed by atoms with Crippen LogP contribution in [0.2, 0.25) is 0 Å². The molecule has 1 aliphatic rings. The second-order valence-corrected chi connectivity index (χ2v) is 8.00. The molecule has 1 saturated heterocycles. The standard InChI is InChI=1S/C20H31NO5/c1-19(2,3)26-18(24)21-11-9-20(15-22,10-12-21)17(23)14-25-13-16-7-5-4-6-8-16/h4-8,17,22-23H,9-15H2,1-3H3. The van der Waals surface area contributed by atoms with Crippen molar-refractivity contribution < 1.29 is 24.5 Å². The number of ether oxygens (including phenoxy) is 2. The van der Waals surface area contributed by atoms with E-state index < -0.39 is 17.1 Å². The predicted octanol–water partition coefficient (Wildman–Crippen LogP) is 2.57. The van der Waals surface area contributed by atoms with Crippen LogP contribution < -0.4 is 0 Å². The third-order valence-corrected chi connectivity index (χ3v) is 4.82. The van der Waals surface area contributed by atoms with Crippen LogP contribution >= 0.6 is 0 Å². The van der Waals surface area contributed by atoms with Crippen LogP contribution in [0.25, 0.3) is 0 Å². The van der Waals surface area contributed by atoms with Crippen LogP contribution in [-0.4, -0.2) is 59.2 Å². The average Bonchev–Trinajstić information content (AvgIpc) is 2.61.